The van der Waals surface area contributed by atoms with E-state index in [0.717, 1.165) is 16.7 Å². The number of benzene rings is 1. The smallest absolute Gasteiger partial charge is 0.131 e. The van der Waals surface area contributed by atoms with Crippen molar-refractivity contribution >= 4 is 5.82 Å². The highest BCUT2D eigenvalue weighted by Gasteiger charge is 2.06. The van der Waals surface area contributed by atoms with Gasteiger partial charge in [0.2, 0.25) is 0 Å². The Kier molecular flexibility index (Phi) is 2.60. The molecule has 0 atom stereocenters. The lowest BCUT2D eigenvalue weighted by Crippen LogP contribution is -1.95. The van der Waals surface area contributed by atoms with Gasteiger partial charge in [-0.15, -0.1) is 0 Å². The molecule has 2 aromatic rings. The molecule has 0 fully saturated rings. The Morgan fingerprint density at radius 2 is 1.94 bits per heavy atom. The number of rotatable bonds is 1. The summed E-state index contributed by atoms with van der Waals surface area (Å²) in [6.07, 6.45) is 1.70. The molecule has 0 unspecified atom stereocenters. The third kappa shape index (κ3) is 1.89. The molecule has 0 saturated carbocycles. The Labute approximate surface area is 93.9 Å². The highest BCUT2D eigenvalue weighted by atomic mass is 19.1. The first-order chi connectivity index (χ1) is 7.58. The highest BCUT2D eigenvalue weighted by Crippen LogP contribution is 2.26. The number of aryl methyl sites for hydroxylation is 2. The average molecular weight is 216 g/mol. The highest BCUT2D eigenvalue weighted by molar-refractivity contribution is 5.74. The molecule has 2 nitrogen and oxygen atoms in total. The van der Waals surface area contributed by atoms with E-state index in [4.69, 9.17) is 5.73 Å². The lowest BCUT2D eigenvalue weighted by molar-refractivity contribution is 0.619. The molecule has 1 aromatic carbocycles. The van der Waals surface area contributed by atoms with Gasteiger partial charge in [-0.2, -0.15) is 0 Å². The van der Waals surface area contributed by atoms with Crippen LogP contribution in [0.4, 0.5) is 10.2 Å². The van der Waals surface area contributed by atoms with Gasteiger partial charge >= 0.3 is 0 Å². The van der Waals surface area contributed by atoms with E-state index in [9.17, 15) is 4.39 Å². The van der Waals surface area contributed by atoms with E-state index in [-0.39, 0.29) is 5.82 Å². The molecule has 1 heterocycles. The summed E-state index contributed by atoms with van der Waals surface area (Å²) < 4.78 is 13.4. The molecule has 0 saturated heterocycles. The van der Waals surface area contributed by atoms with Crippen molar-refractivity contribution in [1.29, 1.82) is 0 Å². The second-order valence-corrected chi connectivity index (χ2v) is 3.91. The fourth-order valence-corrected chi connectivity index (χ4v) is 1.57. The molecule has 0 radical (unpaired) electrons. The number of nitrogen functional groups attached to an aromatic ring is 1. The Bertz CT molecular complexity index is 535. The molecule has 3 heteroatoms. The number of hydrogen-bond donors (Lipinski definition) is 1. The Morgan fingerprint density at radius 3 is 2.62 bits per heavy atom. The maximum absolute atomic E-state index is 13.4. The predicted octanol–water partition coefficient (Wildman–Crippen LogP) is 3.09. The van der Waals surface area contributed by atoms with Crippen molar-refractivity contribution in [3.05, 3.63) is 47.4 Å². The number of nitrogens with zero attached hydrogens (tertiary/aromatic N) is 1. The fourth-order valence-electron chi connectivity index (χ4n) is 1.57. The van der Waals surface area contributed by atoms with E-state index in [1.807, 2.05) is 19.1 Å². The van der Waals surface area contributed by atoms with Crippen LogP contribution in [0, 0.1) is 19.7 Å². The van der Waals surface area contributed by atoms with E-state index in [1.54, 1.807) is 19.2 Å². The van der Waals surface area contributed by atoms with Gasteiger partial charge in [-0.05, 0) is 42.7 Å². The zero-order valence-corrected chi connectivity index (χ0v) is 9.29. The molecule has 0 aliphatic heterocycles. The van der Waals surface area contributed by atoms with Crippen molar-refractivity contribution in [2.24, 2.45) is 0 Å². The Balaban J connectivity index is 2.58. The molecule has 2 rings (SSSR count). The van der Waals surface area contributed by atoms with Crippen LogP contribution in [-0.2, 0) is 0 Å². The van der Waals surface area contributed by atoms with Gasteiger partial charge in [-0.1, -0.05) is 12.1 Å². The van der Waals surface area contributed by atoms with Crippen LogP contribution in [0.3, 0.4) is 0 Å². The lowest BCUT2D eigenvalue weighted by atomic mass is 10.0. The first-order valence-corrected chi connectivity index (χ1v) is 5.06. The van der Waals surface area contributed by atoms with Crippen LogP contribution in [0.2, 0.25) is 0 Å². The summed E-state index contributed by atoms with van der Waals surface area (Å²) in [5.41, 5.74) is 8.95. The standard InChI is InChI=1S/C13H13FN2/c1-8-5-11(13(15)16-7-8)10-4-3-9(2)12(14)6-10/h3-7H,1-2H3,(H2,15,16). The van der Waals surface area contributed by atoms with Crippen molar-refractivity contribution in [1.82, 2.24) is 4.98 Å². The van der Waals surface area contributed by atoms with Crippen LogP contribution in [0.25, 0.3) is 11.1 Å². The third-order valence-electron chi connectivity index (χ3n) is 2.54. The molecule has 82 valence electrons. The maximum Gasteiger partial charge on any atom is 0.131 e. The lowest BCUT2D eigenvalue weighted by Gasteiger charge is -2.07. The molecule has 0 spiro atoms. The van der Waals surface area contributed by atoms with Gasteiger partial charge in [0.25, 0.3) is 0 Å². The molecule has 0 amide bonds. The van der Waals surface area contributed by atoms with Crippen LogP contribution in [0.15, 0.2) is 30.5 Å². The molecule has 0 bridgehead atoms. The second kappa shape index (κ2) is 3.93. The largest absolute Gasteiger partial charge is 0.383 e. The van der Waals surface area contributed by atoms with Gasteiger partial charge in [-0.3, -0.25) is 0 Å². The van der Waals surface area contributed by atoms with Gasteiger partial charge < -0.3 is 5.73 Å². The van der Waals surface area contributed by atoms with Crippen LogP contribution in [0.5, 0.6) is 0 Å². The summed E-state index contributed by atoms with van der Waals surface area (Å²) in [5, 5.41) is 0. The van der Waals surface area contributed by atoms with Crippen molar-refractivity contribution in [2.45, 2.75) is 13.8 Å². The number of nitrogens with two attached hydrogens (primary N) is 1. The first kappa shape index (κ1) is 10.6. The summed E-state index contributed by atoms with van der Waals surface area (Å²) in [6.45, 7) is 3.66. The van der Waals surface area contributed by atoms with E-state index in [0.29, 0.717) is 11.4 Å². The molecule has 0 aliphatic rings. The van der Waals surface area contributed by atoms with Gasteiger partial charge in [0.05, 0.1) is 0 Å². The quantitative estimate of drug-likeness (QED) is 0.795. The van der Waals surface area contributed by atoms with E-state index in [1.165, 1.54) is 6.07 Å². The van der Waals surface area contributed by atoms with Gasteiger partial charge in [0, 0.05) is 11.8 Å². The predicted molar refractivity (Wildman–Crippen MR) is 63.5 cm³/mol. The second-order valence-electron chi connectivity index (χ2n) is 3.91. The molecule has 0 aliphatic carbocycles. The van der Waals surface area contributed by atoms with Crippen molar-refractivity contribution in [3.63, 3.8) is 0 Å². The summed E-state index contributed by atoms with van der Waals surface area (Å²) >= 11 is 0. The van der Waals surface area contributed by atoms with Crippen LogP contribution in [-0.4, -0.2) is 4.98 Å². The maximum atomic E-state index is 13.4. The van der Waals surface area contributed by atoms with Crippen LogP contribution >= 0.6 is 0 Å². The minimum absolute atomic E-state index is 0.224. The van der Waals surface area contributed by atoms with E-state index in [2.05, 4.69) is 4.98 Å². The van der Waals surface area contributed by atoms with Gasteiger partial charge in [0.15, 0.2) is 0 Å². The molecular formula is C13H13FN2. The third-order valence-corrected chi connectivity index (χ3v) is 2.54. The number of halogens is 1. The van der Waals surface area contributed by atoms with E-state index >= 15 is 0 Å². The van der Waals surface area contributed by atoms with Gasteiger partial charge in [-0.25, -0.2) is 9.37 Å². The zero-order valence-electron chi connectivity index (χ0n) is 9.29. The summed E-state index contributed by atoms with van der Waals surface area (Å²) in [6, 6.07) is 6.99. The van der Waals surface area contributed by atoms with E-state index < -0.39 is 0 Å². The fraction of sp³-hybridized carbons (Fsp3) is 0.154. The number of aromatic nitrogens is 1. The first-order valence-electron chi connectivity index (χ1n) is 5.06. The molecule has 1 aromatic heterocycles. The summed E-state index contributed by atoms with van der Waals surface area (Å²) in [4.78, 5) is 4.06. The number of hydrogen-bond acceptors (Lipinski definition) is 2. The summed E-state index contributed by atoms with van der Waals surface area (Å²) in [5.74, 6) is 0.201. The number of anilines is 1. The SMILES string of the molecule is Cc1cnc(N)c(-c2ccc(C)c(F)c2)c1. The molecule has 2 N–H and O–H groups in total. The zero-order chi connectivity index (χ0) is 11.7. The van der Waals surface area contributed by atoms with Crippen molar-refractivity contribution < 1.29 is 4.39 Å². The normalized spacial score (nSPS) is 10.4. The minimum atomic E-state index is -0.224. The van der Waals surface area contributed by atoms with Crippen molar-refractivity contribution in [2.75, 3.05) is 5.73 Å². The monoisotopic (exact) mass is 216 g/mol. The Morgan fingerprint density at radius 1 is 1.19 bits per heavy atom. The molecule has 16 heavy (non-hydrogen) atoms. The van der Waals surface area contributed by atoms with Crippen molar-refractivity contribution in [3.8, 4) is 11.1 Å². The minimum Gasteiger partial charge on any atom is -0.383 e. The van der Waals surface area contributed by atoms with Gasteiger partial charge in [0.1, 0.15) is 11.6 Å². The van der Waals surface area contributed by atoms with Crippen LogP contribution in [0.1, 0.15) is 11.1 Å². The van der Waals surface area contributed by atoms with Crippen LogP contribution < -0.4 is 5.73 Å². The number of pyridine rings is 1. The molecular weight excluding hydrogens is 203 g/mol. The topological polar surface area (TPSA) is 38.9 Å². The average Bonchev–Trinajstić information content (AvgIpc) is 2.26. The Hall–Kier alpha value is -1.90. The summed E-state index contributed by atoms with van der Waals surface area (Å²) in [7, 11) is 0.